The standard InChI is InChI=1S/C20H27FN4OS/c1-14(2)13-25-18(16-9-5-6-10-17(16)21)22-23-20(25)27-15(3)19(26)24-11-7-4-8-12-24/h5-6,9-10,14-15H,4,7-8,11-13H2,1-3H3. The number of piperidine rings is 1. The Labute approximate surface area is 164 Å². The van der Waals surface area contributed by atoms with E-state index in [0.717, 1.165) is 25.9 Å². The van der Waals surface area contributed by atoms with Gasteiger partial charge >= 0.3 is 0 Å². The van der Waals surface area contributed by atoms with Crippen LogP contribution in [0.5, 0.6) is 0 Å². The van der Waals surface area contributed by atoms with Crippen molar-refractivity contribution >= 4 is 17.7 Å². The van der Waals surface area contributed by atoms with E-state index in [-0.39, 0.29) is 17.0 Å². The maximum Gasteiger partial charge on any atom is 0.235 e. The summed E-state index contributed by atoms with van der Waals surface area (Å²) >= 11 is 1.41. The zero-order valence-corrected chi connectivity index (χ0v) is 17.0. The molecule has 3 rings (SSSR count). The lowest BCUT2D eigenvalue weighted by Crippen LogP contribution is -2.40. The zero-order valence-electron chi connectivity index (χ0n) is 16.2. The molecule has 1 aliphatic heterocycles. The number of amides is 1. The molecule has 5 nitrogen and oxygen atoms in total. The molecule has 27 heavy (non-hydrogen) atoms. The number of hydrogen-bond donors (Lipinski definition) is 0. The van der Waals surface area contributed by atoms with Crippen LogP contribution in [0.4, 0.5) is 4.39 Å². The lowest BCUT2D eigenvalue weighted by Gasteiger charge is -2.28. The van der Waals surface area contributed by atoms with E-state index in [1.165, 1.54) is 24.2 Å². The Morgan fingerprint density at radius 2 is 1.85 bits per heavy atom. The van der Waals surface area contributed by atoms with E-state index in [1.54, 1.807) is 18.2 Å². The Bertz CT molecular complexity index is 786. The van der Waals surface area contributed by atoms with Crippen molar-refractivity contribution in [2.75, 3.05) is 13.1 Å². The minimum Gasteiger partial charge on any atom is -0.342 e. The summed E-state index contributed by atoms with van der Waals surface area (Å²) in [4.78, 5) is 14.7. The van der Waals surface area contributed by atoms with Gasteiger partial charge in [0.1, 0.15) is 5.82 Å². The van der Waals surface area contributed by atoms with E-state index in [2.05, 4.69) is 24.0 Å². The summed E-state index contributed by atoms with van der Waals surface area (Å²) in [6.07, 6.45) is 3.34. The number of benzene rings is 1. The van der Waals surface area contributed by atoms with Gasteiger partial charge in [-0.25, -0.2) is 4.39 Å². The van der Waals surface area contributed by atoms with Crippen molar-refractivity contribution in [3.05, 3.63) is 30.1 Å². The molecule has 146 valence electrons. The van der Waals surface area contributed by atoms with Crippen LogP contribution in [0.3, 0.4) is 0 Å². The number of carbonyl (C=O) groups is 1. The van der Waals surface area contributed by atoms with Crippen molar-refractivity contribution in [1.29, 1.82) is 0 Å². The summed E-state index contributed by atoms with van der Waals surface area (Å²) in [6, 6.07) is 6.60. The van der Waals surface area contributed by atoms with E-state index >= 15 is 0 Å². The molecular weight excluding hydrogens is 363 g/mol. The molecule has 0 saturated carbocycles. The van der Waals surface area contributed by atoms with E-state index in [9.17, 15) is 9.18 Å². The third-order valence-electron chi connectivity index (χ3n) is 4.68. The maximum atomic E-state index is 14.3. The van der Waals surface area contributed by atoms with Gasteiger partial charge in [-0.15, -0.1) is 10.2 Å². The Kier molecular flexibility index (Phi) is 6.52. The Morgan fingerprint density at radius 1 is 1.15 bits per heavy atom. The predicted molar refractivity (Wildman–Crippen MR) is 106 cm³/mol. The van der Waals surface area contributed by atoms with Gasteiger partial charge in [0.15, 0.2) is 11.0 Å². The number of nitrogens with zero attached hydrogens (tertiary/aromatic N) is 4. The summed E-state index contributed by atoms with van der Waals surface area (Å²) in [7, 11) is 0. The monoisotopic (exact) mass is 390 g/mol. The number of rotatable bonds is 6. The first-order valence-electron chi connectivity index (χ1n) is 9.61. The number of likely N-dealkylation sites (tertiary alicyclic amines) is 1. The normalized spacial score (nSPS) is 16.0. The summed E-state index contributed by atoms with van der Waals surface area (Å²) in [5.74, 6) is 0.691. The van der Waals surface area contributed by atoms with E-state index in [0.29, 0.717) is 29.0 Å². The van der Waals surface area contributed by atoms with Crippen molar-refractivity contribution in [3.8, 4) is 11.4 Å². The maximum absolute atomic E-state index is 14.3. The molecule has 0 radical (unpaired) electrons. The van der Waals surface area contributed by atoms with Crippen LogP contribution in [-0.4, -0.2) is 43.9 Å². The molecule has 0 bridgehead atoms. The van der Waals surface area contributed by atoms with Gasteiger partial charge in [-0.3, -0.25) is 4.79 Å². The van der Waals surface area contributed by atoms with E-state index in [1.807, 2.05) is 16.4 Å². The van der Waals surface area contributed by atoms with Crippen LogP contribution < -0.4 is 0 Å². The largest absolute Gasteiger partial charge is 0.342 e. The molecule has 1 aromatic carbocycles. The minimum absolute atomic E-state index is 0.145. The number of hydrogen-bond acceptors (Lipinski definition) is 4. The van der Waals surface area contributed by atoms with E-state index < -0.39 is 0 Å². The SMILES string of the molecule is CC(C)Cn1c(SC(C)C(=O)N2CCCCC2)nnc1-c1ccccc1F. The van der Waals surface area contributed by atoms with Crippen molar-refractivity contribution < 1.29 is 9.18 Å². The highest BCUT2D eigenvalue weighted by Crippen LogP contribution is 2.30. The fraction of sp³-hybridized carbons (Fsp3) is 0.550. The van der Waals surface area contributed by atoms with Crippen molar-refractivity contribution in [2.45, 2.75) is 57.0 Å². The second kappa shape index (κ2) is 8.87. The van der Waals surface area contributed by atoms with Crippen LogP contribution in [0.1, 0.15) is 40.0 Å². The molecule has 2 heterocycles. The number of halogens is 1. The average Bonchev–Trinajstić information content (AvgIpc) is 3.03. The van der Waals surface area contributed by atoms with Crippen molar-refractivity contribution in [3.63, 3.8) is 0 Å². The second-order valence-electron chi connectivity index (χ2n) is 7.44. The fourth-order valence-electron chi connectivity index (χ4n) is 3.33. The van der Waals surface area contributed by atoms with Gasteiger partial charge in [0.25, 0.3) is 0 Å². The van der Waals surface area contributed by atoms with Crippen LogP contribution in [0.15, 0.2) is 29.4 Å². The minimum atomic E-state index is -0.316. The smallest absolute Gasteiger partial charge is 0.235 e. The van der Waals surface area contributed by atoms with Gasteiger partial charge in [-0.2, -0.15) is 0 Å². The zero-order chi connectivity index (χ0) is 19.4. The summed E-state index contributed by atoms with van der Waals surface area (Å²) < 4.78 is 16.2. The van der Waals surface area contributed by atoms with E-state index in [4.69, 9.17) is 0 Å². The molecule has 1 aliphatic rings. The highest BCUT2D eigenvalue weighted by atomic mass is 32.2. The first-order chi connectivity index (χ1) is 13.0. The third kappa shape index (κ3) is 4.69. The first-order valence-corrected chi connectivity index (χ1v) is 10.5. The quantitative estimate of drug-likeness (QED) is 0.693. The van der Waals surface area contributed by atoms with Crippen LogP contribution in [0.25, 0.3) is 11.4 Å². The summed E-state index contributed by atoms with van der Waals surface area (Å²) in [5.41, 5.74) is 0.438. The van der Waals surface area contributed by atoms with Gasteiger partial charge in [0, 0.05) is 19.6 Å². The molecular formula is C20H27FN4OS. The molecule has 1 saturated heterocycles. The van der Waals surface area contributed by atoms with Gasteiger partial charge in [-0.05, 0) is 44.2 Å². The topological polar surface area (TPSA) is 51.0 Å². The molecule has 1 amide bonds. The van der Waals surface area contributed by atoms with Crippen LogP contribution in [0.2, 0.25) is 0 Å². The van der Waals surface area contributed by atoms with Gasteiger partial charge in [0.05, 0.1) is 10.8 Å². The first kappa shape index (κ1) is 19.9. The average molecular weight is 391 g/mol. The molecule has 0 N–H and O–H groups in total. The Morgan fingerprint density at radius 3 is 2.52 bits per heavy atom. The lowest BCUT2D eigenvalue weighted by atomic mass is 10.1. The number of carbonyl (C=O) groups excluding carboxylic acids is 1. The van der Waals surface area contributed by atoms with Crippen molar-refractivity contribution in [2.24, 2.45) is 5.92 Å². The molecule has 7 heteroatoms. The molecule has 1 aromatic heterocycles. The fourth-order valence-corrected chi connectivity index (χ4v) is 4.27. The van der Waals surface area contributed by atoms with Gasteiger partial charge in [0.2, 0.25) is 5.91 Å². The highest BCUT2D eigenvalue weighted by molar-refractivity contribution is 8.00. The van der Waals surface area contributed by atoms with Crippen LogP contribution in [0, 0.1) is 11.7 Å². The van der Waals surface area contributed by atoms with Gasteiger partial charge in [-0.1, -0.05) is 37.7 Å². The Hall–Kier alpha value is -1.89. The number of thioether (sulfide) groups is 1. The highest BCUT2D eigenvalue weighted by Gasteiger charge is 2.26. The van der Waals surface area contributed by atoms with Crippen molar-refractivity contribution in [1.82, 2.24) is 19.7 Å². The predicted octanol–water partition coefficient (Wildman–Crippen LogP) is 4.23. The third-order valence-corrected chi connectivity index (χ3v) is 5.75. The molecule has 0 spiro atoms. The summed E-state index contributed by atoms with van der Waals surface area (Å²) in [6.45, 7) is 8.46. The van der Waals surface area contributed by atoms with Crippen LogP contribution >= 0.6 is 11.8 Å². The molecule has 1 fully saturated rings. The molecule has 0 aliphatic carbocycles. The number of aromatic nitrogens is 3. The lowest BCUT2D eigenvalue weighted by molar-refractivity contribution is -0.131. The van der Waals surface area contributed by atoms with Gasteiger partial charge < -0.3 is 9.47 Å². The molecule has 1 atom stereocenters. The van der Waals surface area contributed by atoms with Crippen LogP contribution in [-0.2, 0) is 11.3 Å². The summed E-state index contributed by atoms with van der Waals surface area (Å²) in [5, 5.41) is 8.97. The Balaban J connectivity index is 1.84. The second-order valence-corrected chi connectivity index (χ2v) is 8.74. The molecule has 2 aromatic rings. The molecule has 1 unspecified atom stereocenters.